The monoisotopic (exact) mass is 279 g/mol. The van der Waals surface area contributed by atoms with Gasteiger partial charge in [0.15, 0.2) is 0 Å². The van der Waals surface area contributed by atoms with E-state index in [9.17, 15) is 4.79 Å². The predicted octanol–water partition coefficient (Wildman–Crippen LogP) is 3.11. The number of nitrogens with zero attached hydrogens (tertiary/aromatic N) is 1. The SMILES string of the molecule is CC(C)C12C=CC(C)(CC1)C(C(=O)OCCN(C)C)C2. The summed E-state index contributed by atoms with van der Waals surface area (Å²) in [7, 11) is 3.99. The van der Waals surface area contributed by atoms with Crippen LogP contribution in [0.1, 0.15) is 40.0 Å². The number of rotatable bonds is 5. The van der Waals surface area contributed by atoms with E-state index >= 15 is 0 Å². The van der Waals surface area contributed by atoms with Crippen LogP contribution in [0.5, 0.6) is 0 Å². The highest BCUT2D eigenvalue weighted by Gasteiger charge is 2.52. The van der Waals surface area contributed by atoms with Crippen molar-refractivity contribution >= 4 is 5.97 Å². The van der Waals surface area contributed by atoms with Crippen molar-refractivity contribution in [1.29, 1.82) is 0 Å². The molecular formula is C17H29NO2. The molecule has 3 heteroatoms. The number of hydrogen-bond donors (Lipinski definition) is 0. The van der Waals surface area contributed by atoms with Gasteiger partial charge in [0.25, 0.3) is 0 Å². The quantitative estimate of drug-likeness (QED) is 0.572. The molecule has 0 amide bonds. The first-order chi connectivity index (χ1) is 9.29. The van der Waals surface area contributed by atoms with Gasteiger partial charge in [-0.2, -0.15) is 0 Å². The van der Waals surface area contributed by atoms with Gasteiger partial charge in [-0.3, -0.25) is 4.79 Å². The zero-order chi connectivity index (χ0) is 15.0. The maximum absolute atomic E-state index is 12.5. The summed E-state index contributed by atoms with van der Waals surface area (Å²) in [5, 5.41) is 0. The molecule has 3 nitrogen and oxygen atoms in total. The molecular weight excluding hydrogens is 250 g/mol. The van der Waals surface area contributed by atoms with E-state index in [-0.39, 0.29) is 22.7 Å². The summed E-state index contributed by atoms with van der Waals surface area (Å²) in [6.45, 7) is 8.04. The molecule has 0 aromatic rings. The molecule has 0 aromatic heterocycles. The first-order valence-corrected chi connectivity index (χ1v) is 7.81. The minimum Gasteiger partial charge on any atom is -0.464 e. The summed E-state index contributed by atoms with van der Waals surface area (Å²) in [6.07, 6.45) is 7.94. The number of carbonyl (C=O) groups excluding carboxylic acids is 1. The van der Waals surface area contributed by atoms with E-state index in [0.29, 0.717) is 12.5 Å². The van der Waals surface area contributed by atoms with Crippen molar-refractivity contribution in [3.63, 3.8) is 0 Å². The van der Waals surface area contributed by atoms with Crippen molar-refractivity contribution in [2.24, 2.45) is 22.7 Å². The second kappa shape index (κ2) is 5.51. The highest BCUT2D eigenvalue weighted by atomic mass is 16.5. The Hall–Kier alpha value is -0.830. The lowest BCUT2D eigenvalue weighted by molar-refractivity contribution is -0.157. The Morgan fingerprint density at radius 1 is 1.35 bits per heavy atom. The maximum atomic E-state index is 12.5. The normalized spacial score (nSPS) is 35.9. The van der Waals surface area contributed by atoms with Crippen LogP contribution in [0.15, 0.2) is 12.2 Å². The van der Waals surface area contributed by atoms with Gasteiger partial charge in [0, 0.05) is 6.54 Å². The average Bonchev–Trinajstić information content (AvgIpc) is 2.38. The van der Waals surface area contributed by atoms with Crippen LogP contribution in [-0.4, -0.2) is 38.1 Å². The molecule has 0 aromatic carbocycles. The number of esters is 1. The maximum Gasteiger partial charge on any atom is 0.309 e. The van der Waals surface area contributed by atoms with Crippen LogP contribution in [0.2, 0.25) is 0 Å². The number of hydrogen-bond acceptors (Lipinski definition) is 3. The lowest BCUT2D eigenvalue weighted by Gasteiger charge is -2.53. The Labute approximate surface area is 123 Å². The van der Waals surface area contributed by atoms with Gasteiger partial charge < -0.3 is 9.64 Å². The summed E-state index contributed by atoms with van der Waals surface area (Å²) in [5.41, 5.74) is 0.217. The smallest absolute Gasteiger partial charge is 0.309 e. The van der Waals surface area contributed by atoms with Crippen molar-refractivity contribution in [3.8, 4) is 0 Å². The van der Waals surface area contributed by atoms with Crippen molar-refractivity contribution in [2.75, 3.05) is 27.2 Å². The third-order valence-electron chi connectivity index (χ3n) is 5.52. The van der Waals surface area contributed by atoms with Gasteiger partial charge in [0.2, 0.25) is 0 Å². The van der Waals surface area contributed by atoms with E-state index in [1.165, 1.54) is 6.42 Å². The van der Waals surface area contributed by atoms with Gasteiger partial charge in [-0.15, -0.1) is 0 Å². The molecule has 0 N–H and O–H groups in total. The molecule has 1 fully saturated rings. The van der Waals surface area contributed by atoms with E-state index in [4.69, 9.17) is 4.74 Å². The summed E-state index contributed by atoms with van der Waals surface area (Å²) < 4.78 is 5.52. The molecule has 3 unspecified atom stereocenters. The van der Waals surface area contributed by atoms with Gasteiger partial charge in [-0.25, -0.2) is 0 Å². The molecule has 0 saturated heterocycles. The lowest BCUT2D eigenvalue weighted by atomic mass is 9.51. The van der Waals surface area contributed by atoms with E-state index in [2.05, 4.69) is 32.9 Å². The fourth-order valence-corrected chi connectivity index (χ4v) is 3.60. The predicted molar refractivity (Wildman–Crippen MR) is 81.4 cm³/mol. The van der Waals surface area contributed by atoms with Gasteiger partial charge in [0.1, 0.15) is 6.61 Å². The van der Waals surface area contributed by atoms with Crippen LogP contribution in [0.25, 0.3) is 0 Å². The van der Waals surface area contributed by atoms with Crippen LogP contribution < -0.4 is 0 Å². The van der Waals surface area contributed by atoms with Gasteiger partial charge in [-0.1, -0.05) is 32.9 Å². The summed E-state index contributed by atoms with van der Waals surface area (Å²) in [5.74, 6) is 0.620. The highest BCUT2D eigenvalue weighted by Crippen LogP contribution is 2.58. The summed E-state index contributed by atoms with van der Waals surface area (Å²) in [6, 6.07) is 0. The number of likely N-dealkylation sites (N-methyl/N-ethyl adjacent to an activating group) is 1. The van der Waals surface area contributed by atoms with E-state index < -0.39 is 0 Å². The average molecular weight is 279 g/mol. The number of carbonyl (C=O) groups is 1. The number of ether oxygens (including phenoxy) is 1. The highest BCUT2D eigenvalue weighted by molar-refractivity contribution is 5.74. The Bertz CT molecular complexity index is 402. The number of fused-ring (bicyclic) bond motifs is 2. The second-order valence-corrected chi connectivity index (χ2v) is 7.45. The minimum atomic E-state index is 0.00317. The Morgan fingerprint density at radius 3 is 2.55 bits per heavy atom. The molecule has 3 atom stereocenters. The molecule has 3 rings (SSSR count). The zero-order valence-corrected chi connectivity index (χ0v) is 13.6. The number of allylic oxidation sites excluding steroid dienone is 2. The van der Waals surface area contributed by atoms with Crippen LogP contribution in [0, 0.1) is 22.7 Å². The Morgan fingerprint density at radius 2 is 2.05 bits per heavy atom. The van der Waals surface area contributed by atoms with Gasteiger partial charge in [-0.05, 0) is 50.1 Å². The molecule has 2 bridgehead atoms. The molecule has 114 valence electrons. The molecule has 20 heavy (non-hydrogen) atoms. The fourth-order valence-electron chi connectivity index (χ4n) is 3.60. The fraction of sp³-hybridized carbons (Fsp3) is 0.824. The zero-order valence-electron chi connectivity index (χ0n) is 13.6. The van der Waals surface area contributed by atoms with E-state index in [1.54, 1.807) is 0 Å². The van der Waals surface area contributed by atoms with E-state index in [0.717, 1.165) is 19.4 Å². The van der Waals surface area contributed by atoms with Crippen LogP contribution in [0.3, 0.4) is 0 Å². The standard InChI is InChI=1S/C17H29NO2/c1-13(2)17-8-6-16(3,7-9-17)14(12-17)15(19)20-11-10-18(4)5/h6,8,13-14H,7,9-12H2,1-5H3. The first-order valence-electron chi connectivity index (χ1n) is 7.81. The molecule has 3 aliphatic carbocycles. The van der Waals surface area contributed by atoms with E-state index in [1.807, 2.05) is 19.0 Å². The second-order valence-electron chi connectivity index (χ2n) is 7.45. The largest absolute Gasteiger partial charge is 0.464 e. The molecule has 3 aliphatic rings. The Kier molecular flexibility index (Phi) is 4.29. The third kappa shape index (κ3) is 2.78. The molecule has 1 saturated carbocycles. The third-order valence-corrected chi connectivity index (χ3v) is 5.52. The molecule has 0 aliphatic heterocycles. The van der Waals surface area contributed by atoms with Crippen molar-refractivity contribution in [2.45, 2.75) is 40.0 Å². The van der Waals surface area contributed by atoms with Crippen LogP contribution >= 0.6 is 0 Å². The van der Waals surface area contributed by atoms with Crippen LogP contribution in [-0.2, 0) is 9.53 Å². The molecule has 0 heterocycles. The molecule has 0 radical (unpaired) electrons. The van der Waals surface area contributed by atoms with Crippen LogP contribution in [0.4, 0.5) is 0 Å². The van der Waals surface area contributed by atoms with Gasteiger partial charge >= 0.3 is 5.97 Å². The topological polar surface area (TPSA) is 29.5 Å². The lowest BCUT2D eigenvalue weighted by Crippen LogP contribution is -2.48. The minimum absolute atomic E-state index is 0.00317. The summed E-state index contributed by atoms with van der Waals surface area (Å²) >= 11 is 0. The Balaban J connectivity index is 2.05. The van der Waals surface area contributed by atoms with Crippen molar-refractivity contribution in [3.05, 3.63) is 12.2 Å². The van der Waals surface area contributed by atoms with Crippen molar-refractivity contribution < 1.29 is 9.53 Å². The van der Waals surface area contributed by atoms with Crippen molar-refractivity contribution in [1.82, 2.24) is 4.90 Å². The summed E-state index contributed by atoms with van der Waals surface area (Å²) in [4.78, 5) is 14.5. The molecule has 0 spiro atoms. The van der Waals surface area contributed by atoms with Gasteiger partial charge in [0.05, 0.1) is 5.92 Å². The first kappa shape index (κ1) is 15.6.